The van der Waals surface area contributed by atoms with Crippen molar-refractivity contribution >= 4 is 17.3 Å². The molecule has 1 unspecified atom stereocenters. The van der Waals surface area contributed by atoms with Crippen LogP contribution in [0.2, 0.25) is 0 Å². The maximum Gasteiger partial charge on any atom is 0.573 e. The summed E-state index contributed by atoms with van der Waals surface area (Å²) < 4.78 is 46.8. The molecule has 3 rings (SSSR count). The number of alkyl halides is 3. The van der Waals surface area contributed by atoms with Crippen molar-refractivity contribution in [1.29, 1.82) is 0 Å². The van der Waals surface area contributed by atoms with Crippen LogP contribution in [0.5, 0.6) is 5.75 Å². The molecule has 1 aliphatic rings. The summed E-state index contributed by atoms with van der Waals surface area (Å²) in [5.74, 6) is -1.23. The van der Waals surface area contributed by atoms with E-state index in [9.17, 15) is 18.0 Å². The standard InChI is InChI=1S/C17H16F3NO4S/c18-17(19,20)25-12-3-1-2-11(8-12)14-10-21(6-7-24-14)9-13-4-5-15(26-13)16(22)23/h1-5,8,14H,6-7,9-10H2,(H,22,23). The number of hydrogen-bond donors (Lipinski definition) is 1. The Morgan fingerprint density at radius 3 is 2.85 bits per heavy atom. The number of halogens is 3. The number of benzene rings is 1. The first-order valence-corrected chi connectivity index (χ1v) is 8.63. The van der Waals surface area contributed by atoms with Gasteiger partial charge in [-0.25, -0.2) is 4.79 Å². The quantitative estimate of drug-likeness (QED) is 0.843. The van der Waals surface area contributed by atoms with Crippen molar-refractivity contribution in [3.8, 4) is 5.75 Å². The molecule has 0 amide bonds. The molecule has 1 N–H and O–H groups in total. The van der Waals surface area contributed by atoms with Gasteiger partial charge in [0.1, 0.15) is 10.6 Å². The molecule has 5 nitrogen and oxygen atoms in total. The van der Waals surface area contributed by atoms with Crippen molar-refractivity contribution in [3.05, 3.63) is 51.7 Å². The van der Waals surface area contributed by atoms with Gasteiger partial charge in [-0.15, -0.1) is 24.5 Å². The molecule has 26 heavy (non-hydrogen) atoms. The van der Waals surface area contributed by atoms with Crippen molar-refractivity contribution in [2.24, 2.45) is 0 Å². The molecule has 1 saturated heterocycles. The van der Waals surface area contributed by atoms with E-state index in [1.807, 2.05) is 0 Å². The fourth-order valence-electron chi connectivity index (χ4n) is 2.76. The predicted octanol–water partition coefficient (Wildman–Crippen LogP) is 3.92. The predicted molar refractivity (Wildman–Crippen MR) is 88.4 cm³/mol. The fourth-order valence-corrected chi connectivity index (χ4v) is 3.65. The molecular weight excluding hydrogens is 371 g/mol. The Morgan fingerprint density at radius 1 is 1.35 bits per heavy atom. The van der Waals surface area contributed by atoms with Gasteiger partial charge in [-0.3, -0.25) is 4.90 Å². The summed E-state index contributed by atoms with van der Waals surface area (Å²) in [4.78, 5) is 14.2. The van der Waals surface area contributed by atoms with Crippen LogP contribution in [0.15, 0.2) is 36.4 Å². The van der Waals surface area contributed by atoms with E-state index in [4.69, 9.17) is 9.84 Å². The number of carbonyl (C=O) groups is 1. The highest BCUT2D eigenvalue weighted by Crippen LogP contribution is 2.29. The van der Waals surface area contributed by atoms with E-state index >= 15 is 0 Å². The molecule has 0 spiro atoms. The number of carboxylic acids is 1. The molecule has 140 valence electrons. The third-order valence-electron chi connectivity index (χ3n) is 3.87. The van der Waals surface area contributed by atoms with E-state index in [0.29, 0.717) is 31.8 Å². The second-order valence-electron chi connectivity index (χ2n) is 5.79. The summed E-state index contributed by atoms with van der Waals surface area (Å²) in [7, 11) is 0. The first kappa shape index (κ1) is 18.7. The summed E-state index contributed by atoms with van der Waals surface area (Å²) in [5, 5.41) is 8.99. The Balaban J connectivity index is 1.66. The van der Waals surface area contributed by atoms with Gasteiger partial charge in [-0.1, -0.05) is 12.1 Å². The van der Waals surface area contributed by atoms with Gasteiger partial charge in [0.05, 0.1) is 12.7 Å². The van der Waals surface area contributed by atoms with Gasteiger partial charge in [-0.05, 0) is 29.8 Å². The van der Waals surface area contributed by atoms with Crippen LogP contribution in [0.1, 0.15) is 26.2 Å². The molecule has 0 bridgehead atoms. The highest BCUT2D eigenvalue weighted by atomic mass is 32.1. The number of morpholine rings is 1. The minimum atomic E-state index is -4.74. The smallest absolute Gasteiger partial charge is 0.477 e. The normalized spacial score (nSPS) is 18.7. The average molecular weight is 387 g/mol. The lowest BCUT2D eigenvalue weighted by Crippen LogP contribution is -2.37. The van der Waals surface area contributed by atoms with Gasteiger partial charge in [0, 0.05) is 24.5 Å². The SMILES string of the molecule is O=C(O)c1ccc(CN2CCOC(c3cccc(OC(F)(F)F)c3)C2)s1. The highest BCUT2D eigenvalue weighted by Gasteiger charge is 2.31. The summed E-state index contributed by atoms with van der Waals surface area (Å²) in [5.41, 5.74) is 0.605. The van der Waals surface area contributed by atoms with Gasteiger partial charge in [0.15, 0.2) is 0 Å². The molecule has 0 radical (unpaired) electrons. The molecule has 1 aromatic heterocycles. The van der Waals surface area contributed by atoms with Gasteiger partial charge >= 0.3 is 12.3 Å². The maximum absolute atomic E-state index is 12.4. The van der Waals surface area contributed by atoms with Crippen LogP contribution < -0.4 is 4.74 Å². The van der Waals surface area contributed by atoms with E-state index in [0.717, 1.165) is 4.88 Å². The third kappa shape index (κ3) is 4.96. The summed E-state index contributed by atoms with van der Waals surface area (Å²) in [6.45, 7) is 2.16. The van der Waals surface area contributed by atoms with Crippen LogP contribution in [-0.2, 0) is 11.3 Å². The molecule has 1 atom stereocenters. The van der Waals surface area contributed by atoms with Crippen LogP contribution in [-0.4, -0.2) is 42.0 Å². The molecule has 1 fully saturated rings. The van der Waals surface area contributed by atoms with Crippen molar-refractivity contribution in [1.82, 2.24) is 4.90 Å². The zero-order valence-corrected chi connectivity index (χ0v) is 14.3. The molecule has 9 heteroatoms. The number of rotatable bonds is 5. The fraction of sp³-hybridized carbons (Fsp3) is 0.353. The van der Waals surface area contributed by atoms with Crippen LogP contribution in [0, 0.1) is 0 Å². The number of hydrogen-bond acceptors (Lipinski definition) is 5. The molecule has 2 heterocycles. The number of carboxylic acid groups (broad SMARTS) is 1. The zero-order chi connectivity index (χ0) is 18.7. The van der Waals surface area contributed by atoms with E-state index in [1.54, 1.807) is 18.2 Å². The monoisotopic (exact) mass is 387 g/mol. The number of ether oxygens (including phenoxy) is 2. The molecule has 1 aromatic carbocycles. The summed E-state index contributed by atoms with van der Waals surface area (Å²) in [6.07, 6.45) is -5.11. The van der Waals surface area contributed by atoms with Crippen molar-refractivity contribution in [2.45, 2.75) is 19.0 Å². The van der Waals surface area contributed by atoms with Crippen molar-refractivity contribution < 1.29 is 32.5 Å². The first-order valence-electron chi connectivity index (χ1n) is 7.82. The number of aromatic carboxylic acids is 1. The Kier molecular flexibility index (Phi) is 5.49. The van der Waals surface area contributed by atoms with Crippen molar-refractivity contribution in [2.75, 3.05) is 19.7 Å². The summed E-state index contributed by atoms with van der Waals surface area (Å²) in [6, 6.07) is 9.11. The summed E-state index contributed by atoms with van der Waals surface area (Å²) >= 11 is 1.21. The van der Waals surface area contributed by atoms with E-state index < -0.39 is 12.3 Å². The topological polar surface area (TPSA) is 59.0 Å². The second kappa shape index (κ2) is 7.65. The Bertz CT molecular complexity index is 777. The third-order valence-corrected chi connectivity index (χ3v) is 4.92. The first-order chi connectivity index (χ1) is 12.3. The Morgan fingerprint density at radius 2 is 2.15 bits per heavy atom. The largest absolute Gasteiger partial charge is 0.573 e. The Hall–Kier alpha value is -2.10. The van der Waals surface area contributed by atoms with E-state index in [1.165, 1.54) is 29.5 Å². The van der Waals surface area contributed by atoms with Crippen LogP contribution in [0.25, 0.3) is 0 Å². The average Bonchev–Trinajstić information content (AvgIpc) is 3.02. The Labute approximate surface area is 151 Å². The number of thiophene rings is 1. The molecule has 0 aliphatic carbocycles. The zero-order valence-electron chi connectivity index (χ0n) is 13.5. The van der Waals surface area contributed by atoms with Gasteiger partial charge in [0.2, 0.25) is 0 Å². The lowest BCUT2D eigenvalue weighted by molar-refractivity contribution is -0.274. The maximum atomic E-state index is 12.4. The minimum Gasteiger partial charge on any atom is -0.477 e. The molecule has 1 aliphatic heterocycles. The van der Waals surface area contributed by atoms with Crippen LogP contribution in [0.3, 0.4) is 0 Å². The molecule has 2 aromatic rings. The highest BCUT2D eigenvalue weighted by molar-refractivity contribution is 7.13. The van der Waals surface area contributed by atoms with Gasteiger partial charge in [-0.2, -0.15) is 0 Å². The van der Waals surface area contributed by atoms with E-state index in [2.05, 4.69) is 9.64 Å². The lowest BCUT2D eigenvalue weighted by atomic mass is 10.1. The van der Waals surface area contributed by atoms with Gasteiger partial charge in [0.25, 0.3) is 0 Å². The van der Waals surface area contributed by atoms with Crippen molar-refractivity contribution in [3.63, 3.8) is 0 Å². The molecule has 0 saturated carbocycles. The van der Waals surface area contributed by atoms with Crippen LogP contribution in [0.4, 0.5) is 13.2 Å². The molecular formula is C17H16F3NO4S. The van der Waals surface area contributed by atoms with Crippen LogP contribution >= 0.6 is 11.3 Å². The minimum absolute atomic E-state index is 0.278. The number of nitrogens with zero attached hydrogens (tertiary/aromatic N) is 1. The second-order valence-corrected chi connectivity index (χ2v) is 6.95. The lowest BCUT2D eigenvalue weighted by Gasteiger charge is -2.33. The van der Waals surface area contributed by atoms with Gasteiger partial charge < -0.3 is 14.6 Å². The van der Waals surface area contributed by atoms with E-state index in [-0.39, 0.29) is 16.7 Å².